The van der Waals surface area contributed by atoms with Gasteiger partial charge in [-0.25, -0.2) is 0 Å². The molecular weight excluding hydrogens is 408 g/mol. The SMILES string of the molecule is COC1C(COC(C)=O)OC(N(C=O)c2nc(N)[nH]c(=O)c2SC)[C@@H]1OC(C)=O. The molecule has 1 saturated heterocycles. The second-order valence-corrected chi connectivity index (χ2v) is 6.78. The van der Waals surface area contributed by atoms with E-state index in [1.54, 1.807) is 6.26 Å². The van der Waals surface area contributed by atoms with Gasteiger partial charge in [0.05, 0.1) is 0 Å². The Hall–Kier alpha value is -2.64. The highest BCUT2D eigenvalue weighted by Gasteiger charge is 2.51. The molecule has 0 saturated carbocycles. The van der Waals surface area contributed by atoms with Gasteiger partial charge >= 0.3 is 11.9 Å². The molecule has 0 radical (unpaired) electrons. The number of amides is 1. The van der Waals surface area contributed by atoms with Crippen LogP contribution < -0.4 is 16.2 Å². The molecule has 12 nitrogen and oxygen atoms in total. The van der Waals surface area contributed by atoms with Gasteiger partial charge in [-0.1, -0.05) is 0 Å². The van der Waals surface area contributed by atoms with Crippen LogP contribution in [0.15, 0.2) is 9.69 Å². The van der Waals surface area contributed by atoms with Crippen molar-refractivity contribution in [3.05, 3.63) is 10.4 Å². The fourth-order valence-electron chi connectivity index (χ4n) is 2.92. The number of nitrogens with two attached hydrogens (primary N) is 1. The zero-order valence-corrected chi connectivity index (χ0v) is 17.1. The highest BCUT2D eigenvalue weighted by Crippen LogP contribution is 2.33. The number of esters is 2. The number of methoxy groups -OCH3 is 1. The van der Waals surface area contributed by atoms with Gasteiger partial charge in [0, 0.05) is 21.0 Å². The molecule has 0 aliphatic carbocycles. The number of rotatable bonds is 8. The fraction of sp³-hybridized carbons (Fsp3) is 0.562. The van der Waals surface area contributed by atoms with Crippen LogP contribution in [0.1, 0.15) is 13.8 Å². The third-order valence-corrected chi connectivity index (χ3v) is 4.80. The van der Waals surface area contributed by atoms with Crippen LogP contribution >= 0.6 is 11.8 Å². The molecule has 1 fully saturated rings. The molecule has 1 aliphatic rings. The molecule has 2 heterocycles. The first-order chi connectivity index (χ1) is 13.7. The number of carbonyl (C=O) groups is 3. The predicted octanol–water partition coefficient (Wildman–Crippen LogP) is -0.728. The van der Waals surface area contributed by atoms with Crippen LogP contribution in [0, 0.1) is 0 Å². The third kappa shape index (κ3) is 5.05. The summed E-state index contributed by atoms with van der Waals surface area (Å²) in [6, 6.07) is 0. The first-order valence-corrected chi connectivity index (χ1v) is 9.62. The molecule has 1 amide bonds. The fourth-order valence-corrected chi connectivity index (χ4v) is 3.49. The quantitative estimate of drug-likeness (QED) is 0.304. The van der Waals surface area contributed by atoms with Gasteiger partial charge in [0.15, 0.2) is 18.1 Å². The molecule has 4 atom stereocenters. The standard InChI is InChI=1S/C16H22N4O8S/c1-7(22)26-5-9-10(25-3)11(27-8(2)23)15(28-9)20(6-21)13-12(29-4)14(24)19-16(17)18-13/h6,9-11,15H,5H2,1-4H3,(H3,17,18,19,24)/t9?,10?,11-,15?/m1/s1. The molecule has 0 aromatic carbocycles. The summed E-state index contributed by atoms with van der Waals surface area (Å²) >= 11 is 1.04. The Bertz CT molecular complexity index is 832. The summed E-state index contributed by atoms with van der Waals surface area (Å²) in [6.45, 7) is 2.21. The van der Waals surface area contributed by atoms with Crippen molar-refractivity contribution in [3.8, 4) is 0 Å². The lowest BCUT2D eigenvalue weighted by molar-refractivity contribution is -0.154. The van der Waals surface area contributed by atoms with Crippen molar-refractivity contribution in [2.45, 2.75) is 43.3 Å². The van der Waals surface area contributed by atoms with Gasteiger partial charge in [-0.05, 0) is 6.26 Å². The van der Waals surface area contributed by atoms with Crippen LogP contribution in [0.5, 0.6) is 0 Å². The van der Waals surface area contributed by atoms with Gasteiger partial charge in [-0.2, -0.15) is 4.98 Å². The van der Waals surface area contributed by atoms with Gasteiger partial charge in [0.1, 0.15) is 23.7 Å². The predicted molar refractivity (Wildman–Crippen MR) is 101 cm³/mol. The molecule has 1 aromatic rings. The van der Waals surface area contributed by atoms with Gasteiger partial charge in [0.25, 0.3) is 5.56 Å². The smallest absolute Gasteiger partial charge is 0.303 e. The highest BCUT2D eigenvalue weighted by atomic mass is 32.2. The molecular formula is C16H22N4O8S. The van der Waals surface area contributed by atoms with Crippen molar-refractivity contribution in [1.29, 1.82) is 0 Å². The second-order valence-electron chi connectivity index (χ2n) is 5.96. The first kappa shape index (κ1) is 22.6. The lowest BCUT2D eigenvalue weighted by Gasteiger charge is -2.29. The first-order valence-electron chi connectivity index (χ1n) is 8.39. The maximum absolute atomic E-state index is 12.2. The van der Waals surface area contributed by atoms with E-state index in [0.717, 1.165) is 16.7 Å². The number of aromatic nitrogens is 2. The summed E-state index contributed by atoms with van der Waals surface area (Å²) in [5.41, 5.74) is 5.08. The number of carbonyl (C=O) groups excluding carboxylic acids is 3. The number of nitrogens with zero attached hydrogens (tertiary/aromatic N) is 2. The van der Waals surface area contributed by atoms with E-state index in [-0.39, 0.29) is 23.3 Å². The Morgan fingerprint density at radius 3 is 2.55 bits per heavy atom. The summed E-state index contributed by atoms with van der Waals surface area (Å²) in [4.78, 5) is 54.4. The number of anilines is 2. The van der Waals surface area contributed by atoms with Crippen molar-refractivity contribution in [1.82, 2.24) is 9.97 Å². The zero-order valence-electron chi connectivity index (χ0n) is 16.2. The summed E-state index contributed by atoms with van der Waals surface area (Å²) in [5.74, 6) is -1.47. The van der Waals surface area contributed by atoms with E-state index < -0.39 is 42.0 Å². The molecule has 3 unspecified atom stereocenters. The van der Waals surface area contributed by atoms with E-state index >= 15 is 0 Å². The van der Waals surface area contributed by atoms with Crippen LogP contribution in [0.3, 0.4) is 0 Å². The van der Waals surface area contributed by atoms with Crippen molar-refractivity contribution in [3.63, 3.8) is 0 Å². The van der Waals surface area contributed by atoms with Crippen molar-refractivity contribution in [2.75, 3.05) is 30.6 Å². The topological polar surface area (TPSA) is 163 Å². The number of aromatic amines is 1. The second kappa shape index (κ2) is 9.71. The summed E-state index contributed by atoms with van der Waals surface area (Å²) in [7, 11) is 1.36. The molecule has 2 rings (SSSR count). The average Bonchev–Trinajstić information content (AvgIpc) is 2.97. The average molecular weight is 430 g/mol. The minimum absolute atomic E-state index is 0.0705. The van der Waals surface area contributed by atoms with Crippen LogP contribution in [0.25, 0.3) is 0 Å². The van der Waals surface area contributed by atoms with E-state index in [4.69, 9.17) is 24.7 Å². The van der Waals surface area contributed by atoms with E-state index in [2.05, 4.69) is 9.97 Å². The highest BCUT2D eigenvalue weighted by molar-refractivity contribution is 7.98. The maximum Gasteiger partial charge on any atom is 0.303 e. The summed E-state index contributed by atoms with van der Waals surface area (Å²) in [6.07, 6.45) is -2.00. The lowest BCUT2D eigenvalue weighted by atomic mass is 10.1. The number of nitrogen functional groups attached to an aromatic ring is 1. The Balaban J connectivity index is 2.49. The number of H-pyrrole nitrogens is 1. The zero-order chi connectivity index (χ0) is 21.7. The Morgan fingerprint density at radius 2 is 2.03 bits per heavy atom. The van der Waals surface area contributed by atoms with Gasteiger partial charge < -0.3 is 24.7 Å². The summed E-state index contributed by atoms with van der Waals surface area (Å²) < 4.78 is 21.5. The number of thioether (sulfide) groups is 1. The van der Waals surface area contributed by atoms with Crippen LogP contribution in [-0.4, -0.2) is 72.8 Å². The number of ether oxygens (including phenoxy) is 4. The van der Waals surface area contributed by atoms with Gasteiger partial charge in [0.2, 0.25) is 12.4 Å². The Labute approximate surface area is 170 Å². The largest absolute Gasteiger partial charge is 0.463 e. The number of hydrogen-bond acceptors (Lipinski definition) is 11. The van der Waals surface area contributed by atoms with Crippen LogP contribution in [0.4, 0.5) is 11.8 Å². The molecule has 160 valence electrons. The molecule has 3 N–H and O–H groups in total. The van der Waals surface area contributed by atoms with Crippen molar-refractivity contribution >= 4 is 41.9 Å². The lowest BCUT2D eigenvalue weighted by Crippen LogP contribution is -2.47. The van der Waals surface area contributed by atoms with E-state index in [1.807, 2.05) is 0 Å². The summed E-state index contributed by atoms with van der Waals surface area (Å²) in [5, 5.41) is 0. The van der Waals surface area contributed by atoms with Crippen LogP contribution in [0.2, 0.25) is 0 Å². The molecule has 13 heteroatoms. The molecule has 1 aliphatic heterocycles. The Kier molecular flexibility index (Phi) is 7.59. The van der Waals surface area contributed by atoms with Gasteiger partial charge in [-0.3, -0.25) is 29.1 Å². The van der Waals surface area contributed by atoms with E-state index in [1.165, 1.54) is 21.0 Å². The van der Waals surface area contributed by atoms with E-state index in [9.17, 15) is 19.2 Å². The molecule has 0 spiro atoms. The molecule has 0 bridgehead atoms. The van der Waals surface area contributed by atoms with E-state index in [0.29, 0.717) is 6.41 Å². The van der Waals surface area contributed by atoms with Gasteiger partial charge in [-0.15, -0.1) is 11.8 Å². The van der Waals surface area contributed by atoms with Crippen LogP contribution in [-0.2, 0) is 33.3 Å². The minimum Gasteiger partial charge on any atom is -0.463 e. The number of hydrogen-bond donors (Lipinski definition) is 2. The Morgan fingerprint density at radius 1 is 1.34 bits per heavy atom. The molecule has 29 heavy (non-hydrogen) atoms. The van der Waals surface area contributed by atoms with Crippen molar-refractivity contribution < 1.29 is 33.3 Å². The minimum atomic E-state index is -1.21. The normalized spacial score (nSPS) is 23.4. The monoisotopic (exact) mass is 430 g/mol. The third-order valence-electron chi connectivity index (χ3n) is 4.02. The number of nitrogens with one attached hydrogen (secondary N) is 1. The maximum atomic E-state index is 12.2. The van der Waals surface area contributed by atoms with Crippen molar-refractivity contribution in [2.24, 2.45) is 0 Å². The molecule has 1 aromatic heterocycles.